The van der Waals surface area contributed by atoms with Crippen molar-refractivity contribution in [3.63, 3.8) is 0 Å². The predicted octanol–water partition coefficient (Wildman–Crippen LogP) is 3.85. The average Bonchev–Trinajstić information content (AvgIpc) is 3.01. The lowest BCUT2D eigenvalue weighted by Crippen LogP contribution is -2.42. The molecule has 3 rings (SSSR count). The molecule has 2 aromatic rings. The van der Waals surface area contributed by atoms with Crippen LogP contribution in [-0.2, 0) is 4.79 Å². The zero-order valence-corrected chi connectivity index (χ0v) is 15.2. The summed E-state index contributed by atoms with van der Waals surface area (Å²) in [5, 5.41) is 8.62. The molecule has 1 fully saturated rings. The first-order valence-electron chi connectivity index (χ1n) is 8.37. The largest absolute Gasteiger partial charge is 0.411 e. The molecular weight excluding hydrogens is 322 g/mol. The Labute approximate surface area is 146 Å². The Bertz CT molecular complexity index is 709. The summed E-state index contributed by atoms with van der Waals surface area (Å²) in [4.78, 5) is 14.3. The van der Waals surface area contributed by atoms with Crippen molar-refractivity contribution in [2.75, 3.05) is 12.3 Å². The number of carbonyl (C=O) groups is 1. The molecule has 0 saturated carbocycles. The van der Waals surface area contributed by atoms with Crippen LogP contribution in [0.25, 0.3) is 11.5 Å². The van der Waals surface area contributed by atoms with Crippen molar-refractivity contribution in [1.29, 1.82) is 0 Å². The van der Waals surface area contributed by atoms with Crippen molar-refractivity contribution in [2.45, 2.75) is 51.3 Å². The van der Waals surface area contributed by atoms with Crippen LogP contribution in [0.2, 0.25) is 0 Å². The molecule has 1 atom stereocenters. The monoisotopic (exact) mass is 345 g/mol. The fourth-order valence-corrected chi connectivity index (χ4v) is 3.81. The minimum atomic E-state index is 0.151. The third-order valence-electron chi connectivity index (χ3n) is 4.32. The lowest BCUT2D eigenvalue weighted by Gasteiger charge is -2.33. The Morgan fingerprint density at radius 3 is 2.71 bits per heavy atom. The topological polar surface area (TPSA) is 59.2 Å². The smallest absolute Gasteiger partial charge is 0.277 e. The van der Waals surface area contributed by atoms with E-state index in [1.165, 1.54) is 18.2 Å². The van der Waals surface area contributed by atoms with E-state index in [0.29, 0.717) is 22.9 Å². The van der Waals surface area contributed by atoms with Gasteiger partial charge in [-0.3, -0.25) is 4.79 Å². The SMILES string of the molecule is Cc1cc(C)cc(-c2nnc(SCC(=O)N3CCCCC3C)o2)c1. The molecule has 0 bridgehead atoms. The molecule has 1 aliphatic heterocycles. The van der Waals surface area contributed by atoms with Crippen molar-refractivity contribution in [3.8, 4) is 11.5 Å². The molecule has 1 aromatic heterocycles. The summed E-state index contributed by atoms with van der Waals surface area (Å²) in [5.74, 6) is 1.00. The Morgan fingerprint density at radius 2 is 2.00 bits per heavy atom. The minimum Gasteiger partial charge on any atom is -0.411 e. The van der Waals surface area contributed by atoms with Gasteiger partial charge in [0.2, 0.25) is 11.8 Å². The highest BCUT2D eigenvalue weighted by Crippen LogP contribution is 2.26. The number of hydrogen-bond acceptors (Lipinski definition) is 5. The van der Waals surface area contributed by atoms with Gasteiger partial charge >= 0.3 is 0 Å². The van der Waals surface area contributed by atoms with E-state index in [1.54, 1.807) is 0 Å². The summed E-state index contributed by atoms with van der Waals surface area (Å²) >= 11 is 1.32. The molecule has 6 heteroatoms. The average molecular weight is 345 g/mol. The molecule has 0 N–H and O–H groups in total. The zero-order chi connectivity index (χ0) is 17.1. The van der Waals surface area contributed by atoms with Gasteiger partial charge in [0.25, 0.3) is 5.22 Å². The van der Waals surface area contributed by atoms with Gasteiger partial charge in [-0.25, -0.2) is 0 Å². The van der Waals surface area contributed by atoms with Crippen LogP contribution in [0.3, 0.4) is 0 Å². The van der Waals surface area contributed by atoms with Gasteiger partial charge in [0, 0.05) is 18.2 Å². The molecule has 2 heterocycles. The summed E-state index contributed by atoms with van der Waals surface area (Å²) in [6, 6.07) is 6.49. The molecular formula is C18H23N3O2S. The van der Waals surface area contributed by atoms with Crippen LogP contribution >= 0.6 is 11.8 Å². The first-order chi connectivity index (χ1) is 11.5. The van der Waals surface area contributed by atoms with Crippen molar-refractivity contribution >= 4 is 17.7 Å². The summed E-state index contributed by atoms with van der Waals surface area (Å²) < 4.78 is 5.71. The van der Waals surface area contributed by atoms with E-state index >= 15 is 0 Å². The lowest BCUT2D eigenvalue weighted by atomic mass is 10.0. The molecule has 0 aliphatic carbocycles. The number of rotatable bonds is 4. The van der Waals surface area contributed by atoms with E-state index in [-0.39, 0.29) is 5.91 Å². The number of likely N-dealkylation sites (tertiary alicyclic amines) is 1. The van der Waals surface area contributed by atoms with E-state index in [2.05, 4.69) is 23.2 Å². The molecule has 1 unspecified atom stereocenters. The lowest BCUT2D eigenvalue weighted by molar-refractivity contribution is -0.131. The quantitative estimate of drug-likeness (QED) is 0.788. The number of hydrogen-bond donors (Lipinski definition) is 0. The first-order valence-corrected chi connectivity index (χ1v) is 9.36. The molecule has 24 heavy (non-hydrogen) atoms. The molecule has 5 nitrogen and oxygen atoms in total. The summed E-state index contributed by atoms with van der Waals surface area (Å²) in [5.41, 5.74) is 3.24. The fourth-order valence-electron chi connectivity index (χ4n) is 3.16. The molecule has 128 valence electrons. The Balaban J connectivity index is 1.63. The van der Waals surface area contributed by atoms with E-state index < -0.39 is 0 Å². The van der Waals surface area contributed by atoms with E-state index in [0.717, 1.165) is 36.1 Å². The van der Waals surface area contributed by atoms with Crippen LogP contribution in [0.4, 0.5) is 0 Å². The second-order valence-corrected chi connectivity index (χ2v) is 7.40. The Morgan fingerprint density at radius 1 is 1.25 bits per heavy atom. The van der Waals surface area contributed by atoms with Crippen molar-refractivity contribution in [2.24, 2.45) is 0 Å². The predicted molar refractivity (Wildman–Crippen MR) is 95.0 cm³/mol. The van der Waals surface area contributed by atoms with Crippen LogP contribution in [-0.4, -0.2) is 39.3 Å². The van der Waals surface area contributed by atoms with Crippen LogP contribution in [0.1, 0.15) is 37.3 Å². The van der Waals surface area contributed by atoms with Gasteiger partial charge in [0.15, 0.2) is 0 Å². The van der Waals surface area contributed by atoms with Crippen LogP contribution < -0.4 is 0 Å². The maximum Gasteiger partial charge on any atom is 0.277 e. The van der Waals surface area contributed by atoms with Gasteiger partial charge in [0.05, 0.1) is 5.75 Å². The fraction of sp³-hybridized carbons (Fsp3) is 0.500. The van der Waals surface area contributed by atoms with Gasteiger partial charge in [-0.05, 0) is 52.2 Å². The van der Waals surface area contributed by atoms with E-state index in [4.69, 9.17) is 4.42 Å². The highest BCUT2D eigenvalue weighted by Gasteiger charge is 2.23. The highest BCUT2D eigenvalue weighted by molar-refractivity contribution is 7.99. The number of carbonyl (C=O) groups excluding carboxylic acids is 1. The third kappa shape index (κ3) is 3.98. The number of aromatic nitrogens is 2. The standard InChI is InChI=1S/C18H23N3O2S/c1-12-8-13(2)10-15(9-12)17-19-20-18(23-17)24-11-16(22)21-7-5-4-6-14(21)3/h8-10,14H,4-7,11H2,1-3H3. The Kier molecular flexibility index (Phi) is 5.23. The maximum absolute atomic E-state index is 12.4. The van der Waals surface area contributed by atoms with Gasteiger partial charge in [0.1, 0.15) is 0 Å². The molecule has 1 amide bonds. The maximum atomic E-state index is 12.4. The summed E-state index contributed by atoms with van der Waals surface area (Å²) in [6.45, 7) is 7.06. The number of aryl methyl sites for hydroxylation is 2. The number of amides is 1. The molecule has 0 radical (unpaired) electrons. The second-order valence-electron chi connectivity index (χ2n) is 6.47. The number of piperidine rings is 1. The van der Waals surface area contributed by atoms with Gasteiger partial charge in [-0.15, -0.1) is 10.2 Å². The van der Waals surface area contributed by atoms with E-state index in [1.807, 2.05) is 30.9 Å². The van der Waals surface area contributed by atoms with Gasteiger partial charge < -0.3 is 9.32 Å². The van der Waals surface area contributed by atoms with Crippen LogP contribution in [0, 0.1) is 13.8 Å². The summed E-state index contributed by atoms with van der Waals surface area (Å²) in [6.07, 6.45) is 3.40. The number of benzene rings is 1. The second kappa shape index (κ2) is 7.38. The third-order valence-corrected chi connectivity index (χ3v) is 5.12. The van der Waals surface area contributed by atoms with Gasteiger partial charge in [-0.2, -0.15) is 0 Å². The molecule has 1 saturated heterocycles. The van der Waals surface area contributed by atoms with E-state index in [9.17, 15) is 4.79 Å². The number of thioether (sulfide) groups is 1. The Hall–Kier alpha value is -1.82. The molecule has 0 spiro atoms. The van der Waals surface area contributed by atoms with Gasteiger partial charge in [-0.1, -0.05) is 29.0 Å². The zero-order valence-electron chi connectivity index (χ0n) is 14.4. The summed E-state index contributed by atoms with van der Waals surface area (Å²) in [7, 11) is 0. The number of nitrogens with zero attached hydrogens (tertiary/aromatic N) is 3. The molecule has 1 aliphatic rings. The minimum absolute atomic E-state index is 0.151. The van der Waals surface area contributed by atoms with Crippen LogP contribution in [0.5, 0.6) is 0 Å². The highest BCUT2D eigenvalue weighted by atomic mass is 32.2. The molecule has 1 aromatic carbocycles. The van der Waals surface area contributed by atoms with Crippen molar-refractivity contribution < 1.29 is 9.21 Å². The first kappa shape index (κ1) is 17.0. The van der Waals surface area contributed by atoms with Crippen molar-refractivity contribution in [3.05, 3.63) is 29.3 Å². The van der Waals surface area contributed by atoms with Crippen LogP contribution in [0.15, 0.2) is 27.8 Å². The normalized spacial score (nSPS) is 18.0. The van der Waals surface area contributed by atoms with Crippen molar-refractivity contribution in [1.82, 2.24) is 15.1 Å².